The summed E-state index contributed by atoms with van der Waals surface area (Å²) in [5.74, 6) is 0.949. The number of aromatic nitrogens is 1. The van der Waals surface area contributed by atoms with E-state index in [1.54, 1.807) is 17.8 Å². The zero-order chi connectivity index (χ0) is 25.2. The van der Waals surface area contributed by atoms with Gasteiger partial charge < -0.3 is 10.2 Å². The maximum absolute atomic E-state index is 10.7. The maximum atomic E-state index is 10.7. The lowest BCUT2D eigenvalue weighted by atomic mass is 9.82. The third-order valence-electron chi connectivity index (χ3n) is 8.34. The molecular weight excluding hydrogens is 466 g/mol. The van der Waals surface area contributed by atoms with Gasteiger partial charge in [-0.3, -0.25) is 9.78 Å². The number of pyridine rings is 1. The SMILES string of the molecule is CNC1CCC(CCC2=CC3c4ccccc4C(C)N23)CC1.Cc1ccc2c(C=O)ccc(Cl)c2n1. The molecule has 0 radical (unpaired) electrons. The normalized spacial score (nSPS) is 24.2. The molecule has 1 aliphatic carbocycles. The van der Waals surface area contributed by atoms with Gasteiger partial charge in [0.1, 0.15) is 0 Å². The summed E-state index contributed by atoms with van der Waals surface area (Å²) in [5.41, 5.74) is 6.88. The van der Waals surface area contributed by atoms with Gasteiger partial charge in [0.25, 0.3) is 0 Å². The number of nitrogens with zero attached hydrogens (tertiary/aromatic N) is 2. The number of nitrogens with one attached hydrogen (secondary N) is 1. The van der Waals surface area contributed by atoms with Gasteiger partial charge in [-0.1, -0.05) is 41.9 Å². The highest BCUT2D eigenvalue weighted by Crippen LogP contribution is 2.52. The molecule has 3 heterocycles. The van der Waals surface area contributed by atoms with Gasteiger partial charge in [0, 0.05) is 28.4 Å². The second-order valence-electron chi connectivity index (χ2n) is 10.5. The summed E-state index contributed by atoms with van der Waals surface area (Å²) in [4.78, 5) is 17.7. The fourth-order valence-electron chi connectivity index (χ4n) is 6.20. The monoisotopic (exact) mass is 501 g/mol. The van der Waals surface area contributed by atoms with Crippen LogP contribution in [0.25, 0.3) is 10.9 Å². The van der Waals surface area contributed by atoms with Crippen LogP contribution in [0.5, 0.6) is 0 Å². The fraction of sp³-hybridized carbons (Fsp3) is 0.419. The van der Waals surface area contributed by atoms with Crippen LogP contribution in [0, 0.1) is 12.8 Å². The Labute approximate surface area is 219 Å². The molecule has 3 aromatic rings. The van der Waals surface area contributed by atoms with Gasteiger partial charge in [-0.2, -0.15) is 0 Å². The van der Waals surface area contributed by atoms with E-state index in [0.29, 0.717) is 28.2 Å². The van der Waals surface area contributed by atoms with E-state index in [1.807, 2.05) is 19.1 Å². The molecule has 4 nitrogen and oxygen atoms in total. The molecule has 3 aliphatic rings. The predicted octanol–water partition coefficient (Wildman–Crippen LogP) is 7.57. The summed E-state index contributed by atoms with van der Waals surface area (Å²) >= 11 is 5.98. The molecule has 1 aromatic heterocycles. The van der Waals surface area contributed by atoms with Crippen LogP contribution in [-0.2, 0) is 0 Å². The van der Waals surface area contributed by atoms with E-state index in [1.165, 1.54) is 49.7 Å². The summed E-state index contributed by atoms with van der Waals surface area (Å²) < 4.78 is 0. The van der Waals surface area contributed by atoms with Crippen molar-refractivity contribution in [2.75, 3.05) is 7.05 Å². The van der Waals surface area contributed by atoms with Crippen molar-refractivity contribution < 1.29 is 4.79 Å². The number of hydrogen-bond acceptors (Lipinski definition) is 4. The Kier molecular flexibility index (Phi) is 7.45. The Bertz CT molecular complexity index is 1280. The smallest absolute Gasteiger partial charge is 0.150 e. The second kappa shape index (κ2) is 10.7. The molecule has 2 aromatic carbocycles. The second-order valence-corrected chi connectivity index (χ2v) is 10.9. The quantitative estimate of drug-likeness (QED) is 0.366. The van der Waals surface area contributed by atoms with Gasteiger partial charge >= 0.3 is 0 Å². The largest absolute Gasteiger partial charge is 0.358 e. The number of carbonyl (C=O) groups is 1. The van der Waals surface area contributed by atoms with Crippen LogP contribution in [-0.4, -0.2) is 29.3 Å². The number of rotatable bonds is 5. The van der Waals surface area contributed by atoms with E-state index >= 15 is 0 Å². The summed E-state index contributed by atoms with van der Waals surface area (Å²) in [6.07, 6.45) is 11.6. The van der Waals surface area contributed by atoms with Gasteiger partial charge in [0.2, 0.25) is 0 Å². The van der Waals surface area contributed by atoms with E-state index in [0.717, 1.165) is 29.3 Å². The first kappa shape index (κ1) is 25.0. The number of fused-ring (bicyclic) bond motifs is 4. The molecule has 36 heavy (non-hydrogen) atoms. The van der Waals surface area contributed by atoms with Gasteiger partial charge in [-0.05, 0) is 101 Å². The molecule has 2 aliphatic heterocycles. The van der Waals surface area contributed by atoms with Crippen LogP contribution < -0.4 is 5.32 Å². The first-order valence-corrected chi connectivity index (χ1v) is 13.6. The van der Waals surface area contributed by atoms with E-state index in [2.05, 4.69) is 59.5 Å². The van der Waals surface area contributed by atoms with Crippen molar-refractivity contribution in [3.05, 3.63) is 87.7 Å². The molecule has 0 saturated heterocycles. The highest BCUT2D eigenvalue weighted by atomic mass is 35.5. The number of hydrogen-bond donors (Lipinski definition) is 1. The molecule has 0 spiro atoms. The van der Waals surface area contributed by atoms with Gasteiger partial charge in [0.05, 0.1) is 22.6 Å². The molecule has 188 valence electrons. The first-order valence-electron chi connectivity index (χ1n) is 13.3. The van der Waals surface area contributed by atoms with E-state index in [9.17, 15) is 4.79 Å². The Hall–Kier alpha value is -2.69. The van der Waals surface area contributed by atoms with E-state index in [4.69, 9.17) is 11.6 Å². The lowest BCUT2D eigenvalue weighted by Crippen LogP contribution is -2.33. The molecular formula is C31H36ClN3O. The molecule has 0 bridgehead atoms. The van der Waals surface area contributed by atoms with Crippen LogP contribution in [0.4, 0.5) is 0 Å². The van der Waals surface area contributed by atoms with E-state index < -0.39 is 0 Å². The molecule has 6 rings (SSSR count). The van der Waals surface area contributed by atoms with Crippen LogP contribution in [0.15, 0.2) is 60.3 Å². The van der Waals surface area contributed by atoms with Crippen molar-refractivity contribution in [3.63, 3.8) is 0 Å². The van der Waals surface area contributed by atoms with Crippen molar-refractivity contribution in [2.24, 2.45) is 5.92 Å². The number of allylic oxidation sites excluding steroid dienone is 1. The molecule has 2 atom stereocenters. The lowest BCUT2D eigenvalue weighted by molar-refractivity contribution is 0.112. The minimum Gasteiger partial charge on any atom is -0.358 e. The maximum Gasteiger partial charge on any atom is 0.150 e. The standard InChI is InChI=1S/C20H28N2.C11H8ClNO/c1-14-18-5-3-4-6-19(18)20-13-17(22(14)20)12-9-15-7-10-16(21-2)11-8-15;1-7-2-4-9-8(6-14)3-5-10(12)11(9)13-7/h3-6,13-16,20-21H,7-12H2,1-2H3;2-6H,1H3. The minimum atomic E-state index is 0.571. The minimum absolute atomic E-state index is 0.571. The summed E-state index contributed by atoms with van der Waals surface area (Å²) in [7, 11) is 2.11. The van der Waals surface area contributed by atoms with Crippen molar-refractivity contribution in [2.45, 2.75) is 70.5 Å². The third-order valence-corrected chi connectivity index (χ3v) is 8.64. The van der Waals surface area contributed by atoms with Crippen molar-refractivity contribution in [3.8, 4) is 0 Å². The summed E-state index contributed by atoms with van der Waals surface area (Å²) in [6, 6.07) is 18.0. The fourth-order valence-corrected chi connectivity index (χ4v) is 6.40. The Morgan fingerprint density at radius 3 is 2.53 bits per heavy atom. The zero-order valence-corrected chi connectivity index (χ0v) is 22.3. The van der Waals surface area contributed by atoms with Crippen molar-refractivity contribution in [1.82, 2.24) is 15.2 Å². The van der Waals surface area contributed by atoms with Gasteiger partial charge in [0.15, 0.2) is 6.29 Å². The summed E-state index contributed by atoms with van der Waals surface area (Å²) in [5, 5.41) is 4.82. The Morgan fingerprint density at radius 2 is 1.81 bits per heavy atom. The Morgan fingerprint density at radius 1 is 1.06 bits per heavy atom. The zero-order valence-electron chi connectivity index (χ0n) is 21.5. The average Bonchev–Trinajstić information content (AvgIpc) is 3.11. The van der Waals surface area contributed by atoms with Crippen LogP contribution in [0.3, 0.4) is 0 Å². The highest BCUT2D eigenvalue weighted by Gasteiger charge is 2.41. The topological polar surface area (TPSA) is 45.2 Å². The van der Waals surface area contributed by atoms with Crippen molar-refractivity contribution in [1.29, 1.82) is 0 Å². The summed E-state index contributed by atoms with van der Waals surface area (Å²) in [6.45, 7) is 4.26. The van der Waals surface area contributed by atoms with Crippen LogP contribution in [0.2, 0.25) is 5.02 Å². The number of carbonyl (C=O) groups excluding carboxylic acids is 1. The number of halogens is 1. The van der Waals surface area contributed by atoms with Crippen LogP contribution >= 0.6 is 11.6 Å². The molecule has 1 fully saturated rings. The molecule has 0 amide bonds. The first-order chi connectivity index (χ1) is 17.5. The number of aldehydes is 1. The van der Waals surface area contributed by atoms with Crippen molar-refractivity contribution >= 4 is 28.8 Å². The number of benzene rings is 2. The number of aryl methyl sites for hydroxylation is 1. The molecule has 1 N–H and O–H groups in total. The predicted molar refractivity (Wildman–Crippen MR) is 148 cm³/mol. The molecule has 1 saturated carbocycles. The van der Waals surface area contributed by atoms with Crippen LogP contribution in [0.1, 0.15) is 84.7 Å². The lowest BCUT2D eigenvalue weighted by Gasteiger charge is -2.41. The van der Waals surface area contributed by atoms with Gasteiger partial charge in [-0.15, -0.1) is 0 Å². The average molecular weight is 502 g/mol. The molecule has 2 unspecified atom stereocenters. The van der Waals surface area contributed by atoms with E-state index in [-0.39, 0.29) is 0 Å². The highest BCUT2D eigenvalue weighted by molar-refractivity contribution is 6.35. The van der Waals surface area contributed by atoms with Gasteiger partial charge in [-0.25, -0.2) is 0 Å². The third kappa shape index (κ3) is 4.81. The molecule has 5 heteroatoms. The Balaban J connectivity index is 0.000000165.